The first-order valence-electron chi connectivity index (χ1n) is 4.83. The molecule has 0 aliphatic heterocycles. The minimum Gasteiger partial charge on any atom is -0.229 e. The van der Waals surface area contributed by atoms with Crippen LogP contribution in [0.15, 0.2) is 0 Å². The van der Waals surface area contributed by atoms with Gasteiger partial charge in [-0.2, -0.15) is 0 Å². The van der Waals surface area contributed by atoms with Crippen LogP contribution in [0.3, 0.4) is 0 Å². The molecule has 16 heavy (non-hydrogen) atoms. The van der Waals surface area contributed by atoms with Crippen LogP contribution in [-0.4, -0.2) is 46.0 Å². The van der Waals surface area contributed by atoms with Crippen molar-refractivity contribution in [2.24, 2.45) is 0 Å². The summed E-state index contributed by atoms with van der Waals surface area (Å²) in [4.78, 5) is 0. The average molecular weight is 292 g/mol. The van der Waals surface area contributed by atoms with E-state index in [0.29, 0.717) is 6.42 Å². The summed E-state index contributed by atoms with van der Waals surface area (Å²) in [5.74, 6) is -0.779. The molecule has 0 aliphatic rings. The average Bonchev–Trinajstić information content (AvgIpc) is 1.96. The van der Waals surface area contributed by atoms with E-state index in [1.165, 1.54) is 0 Å². The van der Waals surface area contributed by atoms with E-state index in [2.05, 4.69) is 4.72 Å². The van der Waals surface area contributed by atoms with Crippen molar-refractivity contribution in [2.75, 3.05) is 17.8 Å². The molecule has 0 saturated heterocycles. The molecule has 0 aromatic heterocycles. The summed E-state index contributed by atoms with van der Waals surface area (Å²) < 4.78 is 46.9. The standard InChI is InChI=1S/C8H18ClNO4S2/c1-7(9)6-8(2)10-16(13,14)5-4-15(3,11)12/h7-8,10H,4-6H2,1-3H3. The van der Waals surface area contributed by atoms with Gasteiger partial charge in [-0.25, -0.2) is 21.6 Å². The molecule has 1 N–H and O–H groups in total. The Balaban J connectivity index is 4.26. The van der Waals surface area contributed by atoms with Crippen molar-refractivity contribution in [3.8, 4) is 0 Å². The van der Waals surface area contributed by atoms with E-state index in [-0.39, 0.29) is 17.2 Å². The molecule has 0 amide bonds. The normalized spacial score (nSPS) is 17.0. The molecule has 2 atom stereocenters. The lowest BCUT2D eigenvalue weighted by Crippen LogP contribution is -2.37. The van der Waals surface area contributed by atoms with E-state index in [1.54, 1.807) is 13.8 Å². The monoisotopic (exact) mass is 291 g/mol. The molecular weight excluding hydrogens is 274 g/mol. The summed E-state index contributed by atoms with van der Waals surface area (Å²) in [6.45, 7) is 3.46. The summed E-state index contributed by atoms with van der Waals surface area (Å²) in [6, 6.07) is -0.294. The van der Waals surface area contributed by atoms with E-state index < -0.39 is 25.6 Å². The van der Waals surface area contributed by atoms with Gasteiger partial charge in [-0.15, -0.1) is 11.6 Å². The lowest BCUT2D eigenvalue weighted by atomic mass is 10.2. The molecule has 0 spiro atoms. The predicted molar refractivity (Wildman–Crippen MR) is 66.0 cm³/mol. The Morgan fingerprint density at radius 3 is 2.00 bits per heavy atom. The molecule has 2 unspecified atom stereocenters. The molecule has 0 aliphatic carbocycles. The molecule has 5 nitrogen and oxygen atoms in total. The summed E-state index contributed by atoms with van der Waals surface area (Å²) in [7, 11) is -6.81. The van der Waals surface area contributed by atoms with Gasteiger partial charge in [-0.3, -0.25) is 0 Å². The summed E-state index contributed by atoms with van der Waals surface area (Å²) in [6.07, 6.45) is 1.51. The van der Waals surface area contributed by atoms with E-state index in [1.807, 2.05) is 0 Å². The topological polar surface area (TPSA) is 80.3 Å². The number of rotatable bonds is 7. The Hall–Kier alpha value is 0.150. The van der Waals surface area contributed by atoms with Gasteiger partial charge in [-0.1, -0.05) is 0 Å². The molecule has 0 saturated carbocycles. The van der Waals surface area contributed by atoms with Crippen molar-refractivity contribution in [2.45, 2.75) is 31.7 Å². The molecule has 0 radical (unpaired) electrons. The second-order valence-electron chi connectivity index (χ2n) is 3.98. The summed E-state index contributed by atoms with van der Waals surface area (Å²) in [5, 5.41) is -0.132. The second-order valence-corrected chi connectivity index (χ2v) is 8.86. The Morgan fingerprint density at radius 2 is 1.62 bits per heavy atom. The highest BCUT2D eigenvalue weighted by Gasteiger charge is 2.17. The Labute approximate surface area is 103 Å². The maximum Gasteiger partial charge on any atom is 0.212 e. The highest BCUT2D eigenvalue weighted by molar-refractivity contribution is 7.93. The van der Waals surface area contributed by atoms with Gasteiger partial charge in [0.2, 0.25) is 10.0 Å². The molecule has 0 aromatic rings. The van der Waals surface area contributed by atoms with E-state index in [9.17, 15) is 16.8 Å². The van der Waals surface area contributed by atoms with Gasteiger partial charge >= 0.3 is 0 Å². The Morgan fingerprint density at radius 1 is 1.12 bits per heavy atom. The zero-order valence-corrected chi connectivity index (χ0v) is 12.0. The fraction of sp³-hybridized carbons (Fsp3) is 1.00. The molecule has 8 heteroatoms. The van der Waals surface area contributed by atoms with Gasteiger partial charge in [-0.05, 0) is 20.3 Å². The van der Waals surface area contributed by atoms with Crippen molar-refractivity contribution in [1.29, 1.82) is 0 Å². The van der Waals surface area contributed by atoms with Gasteiger partial charge in [0.1, 0.15) is 9.84 Å². The number of halogens is 1. The minimum atomic E-state index is -3.55. The van der Waals surface area contributed by atoms with Crippen LogP contribution in [0.1, 0.15) is 20.3 Å². The van der Waals surface area contributed by atoms with Gasteiger partial charge in [0, 0.05) is 17.7 Å². The fourth-order valence-corrected chi connectivity index (χ4v) is 4.34. The lowest BCUT2D eigenvalue weighted by Gasteiger charge is -2.14. The van der Waals surface area contributed by atoms with Crippen LogP contribution in [0.25, 0.3) is 0 Å². The first-order chi connectivity index (χ1) is 7.02. The maximum atomic E-state index is 11.5. The van der Waals surface area contributed by atoms with Gasteiger partial charge in [0.25, 0.3) is 0 Å². The molecular formula is C8H18ClNO4S2. The number of hydrogen-bond acceptors (Lipinski definition) is 4. The van der Waals surface area contributed by atoms with Crippen LogP contribution in [0.4, 0.5) is 0 Å². The van der Waals surface area contributed by atoms with Gasteiger partial charge < -0.3 is 0 Å². The lowest BCUT2D eigenvalue weighted by molar-refractivity contribution is 0.545. The first kappa shape index (κ1) is 16.1. The van der Waals surface area contributed by atoms with Crippen LogP contribution in [-0.2, 0) is 19.9 Å². The van der Waals surface area contributed by atoms with Crippen molar-refractivity contribution in [3.63, 3.8) is 0 Å². The third-order valence-corrected chi connectivity index (χ3v) is 4.67. The maximum absolute atomic E-state index is 11.5. The number of nitrogens with one attached hydrogen (secondary N) is 1. The quantitative estimate of drug-likeness (QED) is 0.687. The minimum absolute atomic E-state index is 0.132. The van der Waals surface area contributed by atoms with E-state index in [0.717, 1.165) is 6.26 Å². The zero-order chi connectivity index (χ0) is 13.0. The van der Waals surface area contributed by atoms with Crippen LogP contribution < -0.4 is 4.72 Å². The molecule has 0 aromatic carbocycles. The van der Waals surface area contributed by atoms with Gasteiger partial charge in [0.15, 0.2) is 0 Å². The van der Waals surface area contributed by atoms with Crippen molar-refractivity contribution in [3.05, 3.63) is 0 Å². The number of sulfone groups is 1. The van der Waals surface area contributed by atoms with Crippen LogP contribution in [0, 0.1) is 0 Å². The van der Waals surface area contributed by atoms with E-state index >= 15 is 0 Å². The molecule has 98 valence electrons. The van der Waals surface area contributed by atoms with Gasteiger partial charge in [0.05, 0.1) is 11.5 Å². The SMILES string of the molecule is CC(Cl)CC(C)NS(=O)(=O)CCS(C)(=O)=O. The van der Waals surface area contributed by atoms with Crippen molar-refractivity contribution < 1.29 is 16.8 Å². The first-order valence-corrected chi connectivity index (χ1v) is 8.98. The summed E-state index contributed by atoms with van der Waals surface area (Å²) in [5.41, 5.74) is 0. The molecule has 0 bridgehead atoms. The molecule has 0 heterocycles. The van der Waals surface area contributed by atoms with Crippen LogP contribution in [0.5, 0.6) is 0 Å². The Bertz CT molecular complexity index is 402. The number of sulfonamides is 1. The largest absolute Gasteiger partial charge is 0.229 e. The molecule has 0 rings (SSSR count). The van der Waals surface area contributed by atoms with Crippen LogP contribution >= 0.6 is 11.6 Å². The number of hydrogen-bond donors (Lipinski definition) is 1. The summed E-state index contributed by atoms with van der Waals surface area (Å²) >= 11 is 5.72. The van der Waals surface area contributed by atoms with E-state index in [4.69, 9.17) is 11.6 Å². The molecule has 0 fully saturated rings. The third kappa shape index (κ3) is 9.38. The van der Waals surface area contributed by atoms with Crippen molar-refractivity contribution >= 4 is 31.5 Å². The second kappa shape index (κ2) is 6.18. The fourth-order valence-electron chi connectivity index (χ4n) is 1.16. The predicted octanol–water partition coefficient (Wildman–Crippen LogP) is 0.356. The zero-order valence-electron chi connectivity index (χ0n) is 9.60. The Kier molecular flexibility index (Phi) is 6.24. The highest BCUT2D eigenvalue weighted by atomic mass is 35.5. The smallest absolute Gasteiger partial charge is 0.212 e. The third-order valence-electron chi connectivity index (χ3n) is 1.78. The van der Waals surface area contributed by atoms with Crippen LogP contribution in [0.2, 0.25) is 0 Å². The van der Waals surface area contributed by atoms with Crippen molar-refractivity contribution in [1.82, 2.24) is 4.72 Å². The highest BCUT2D eigenvalue weighted by Crippen LogP contribution is 2.05. The number of alkyl halides is 1.